The minimum Gasteiger partial charge on any atom is -0.444 e. The van der Waals surface area contributed by atoms with E-state index >= 15 is 0 Å². The fourth-order valence-electron chi connectivity index (χ4n) is 7.42. The van der Waals surface area contributed by atoms with Crippen LogP contribution in [0.4, 0.5) is 4.79 Å². The molecule has 1 fully saturated rings. The standard InChI is InChI=1S/C43H41N7O2/c1-42(2,3)52-41(51)49-27-13-14-32(29-49)40-45-39(46-47-40)31-21-22-37-36(28-31)38(30-23-25-44-26-24-30)48-50(37)43(33-15-7-4-8-16-33,34-17-9-5-10-18-34)35-19-11-6-12-20-35/h4-12,15-26,28,32H,13-14,27,29H2,1-3H3,(H,45,46,47). The second kappa shape index (κ2) is 13.6. The van der Waals surface area contributed by atoms with Gasteiger partial charge < -0.3 is 9.64 Å². The number of hydrogen-bond donors (Lipinski definition) is 1. The summed E-state index contributed by atoms with van der Waals surface area (Å²) in [6, 6.07) is 42.1. The van der Waals surface area contributed by atoms with Gasteiger partial charge in [0.05, 0.1) is 5.52 Å². The Balaban J connectivity index is 1.27. The molecule has 1 N–H and O–H groups in total. The molecule has 0 radical (unpaired) electrons. The molecule has 1 unspecified atom stereocenters. The van der Waals surface area contributed by atoms with Crippen molar-refractivity contribution in [3.05, 3.63) is 156 Å². The Morgan fingerprint density at radius 1 is 0.788 bits per heavy atom. The van der Waals surface area contributed by atoms with Crippen LogP contribution in [0.25, 0.3) is 33.5 Å². The van der Waals surface area contributed by atoms with Crippen LogP contribution in [0.3, 0.4) is 0 Å². The molecule has 1 aliphatic heterocycles. The molecule has 0 saturated carbocycles. The molecule has 1 amide bonds. The maximum absolute atomic E-state index is 12.9. The van der Waals surface area contributed by atoms with Crippen molar-refractivity contribution in [2.45, 2.75) is 50.7 Å². The van der Waals surface area contributed by atoms with Gasteiger partial charge in [0.25, 0.3) is 0 Å². The number of amides is 1. The van der Waals surface area contributed by atoms with Crippen molar-refractivity contribution < 1.29 is 9.53 Å². The molecule has 1 saturated heterocycles. The lowest BCUT2D eigenvalue weighted by Gasteiger charge is -2.37. The SMILES string of the molecule is CC(C)(C)OC(=O)N1CCCC(c2nc(-c3ccc4c(c3)c(-c3ccncc3)nn4C(c3ccccc3)(c3ccccc3)c3ccccc3)n[nH]2)C1. The van der Waals surface area contributed by atoms with Gasteiger partial charge in [0.15, 0.2) is 5.82 Å². The summed E-state index contributed by atoms with van der Waals surface area (Å²) in [4.78, 5) is 24.0. The number of aromatic nitrogens is 6. The Bertz CT molecular complexity index is 2200. The number of nitrogens with zero attached hydrogens (tertiary/aromatic N) is 6. The average molecular weight is 688 g/mol. The summed E-state index contributed by atoms with van der Waals surface area (Å²) >= 11 is 0. The first-order valence-electron chi connectivity index (χ1n) is 17.8. The molecular weight excluding hydrogens is 647 g/mol. The van der Waals surface area contributed by atoms with Crippen LogP contribution in [0.2, 0.25) is 0 Å². The number of nitrogens with one attached hydrogen (secondary N) is 1. The van der Waals surface area contributed by atoms with E-state index in [1.807, 2.05) is 51.1 Å². The maximum atomic E-state index is 12.9. The van der Waals surface area contributed by atoms with Crippen molar-refractivity contribution >= 4 is 17.0 Å². The number of ether oxygens (including phenoxy) is 1. The number of likely N-dealkylation sites (tertiary alicyclic amines) is 1. The molecule has 0 bridgehead atoms. The molecule has 1 atom stereocenters. The van der Waals surface area contributed by atoms with E-state index in [0.717, 1.165) is 63.1 Å². The fourth-order valence-corrected chi connectivity index (χ4v) is 7.42. The smallest absolute Gasteiger partial charge is 0.410 e. The van der Waals surface area contributed by atoms with Gasteiger partial charge in [0.2, 0.25) is 0 Å². The normalized spacial score (nSPS) is 15.1. The second-order valence-electron chi connectivity index (χ2n) is 14.3. The number of H-pyrrole nitrogens is 1. The first-order chi connectivity index (χ1) is 25.3. The largest absolute Gasteiger partial charge is 0.444 e. The zero-order valence-corrected chi connectivity index (χ0v) is 29.6. The van der Waals surface area contributed by atoms with Crippen molar-refractivity contribution in [3.8, 4) is 22.6 Å². The minimum absolute atomic E-state index is 0.0320. The van der Waals surface area contributed by atoms with E-state index in [4.69, 9.17) is 19.9 Å². The summed E-state index contributed by atoms with van der Waals surface area (Å²) in [5.41, 5.74) is 5.55. The third kappa shape index (κ3) is 6.12. The Morgan fingerprint density at radius 2 is 1.40 bits per heavy atom. The highest BCUT2D eigenvalue weighted by molar-refractivity contribution is 5.96. The molecule has 4 heterocycles. The second-order valence-corrected chi connectivity index (χ2v) is 14.3. The average Bonchev–Trinajstić information content (AvgIpc) is 3.83. The molecule has 0 spiro atoms. The quantitative estimate of drug-likeness (QED) is 0.168. The first-order valence-corrected chi connectivity index (χ1v) is 17.8. The van der Waals surface area contributed by atoms with E-state index in [-0.39, 0.29) is 12.0 Å². The highest BCUT2D eigenvalue weighted by Gasteiger charge is 2.41. The van der Waals surface area contributed by atoms with Gasteiger partial charge in [-0.1, -0.05) is 91.0 Å². The van der Waals surface area contributed by atoms with Crippen LogP contribution in [0.5, 0.6) is 0 Å². The number of rotatable bonds is 7. The van der Waals surface area contributed by atoms with Gasteiger partial charge in [-0.05, 0) is 80.6 Å². The van der Waals surface area contributed by atoms with E-state index < -0.39 is 11.1 Å². The van der Waals surface area contributed by atoms with Gasteiger partial charge in [-0.25, -0.2) is 14.5 Å². The first kappa shape index (κ1) is 33.1. The number of fused-ring (bicyclic) bond motifs is 1. The molecule has 1 aliphatic rings. The van der Waals surface area contributed by atoms with E-state index in [2.05, 4.69) is 106 Å². The van der Waals surface area contributed by atoms with Crippen molar-refractivity contribution in [1.82, 2.24) is 34.8 Å². The lowest BCUT2D eigenvalue weighted by molar-refractivity contribution is 0.0196. The zero-order valence-electron chi connectivity index (χ0n) is 29.6. The van der Waals surface area contributed by atoms with Crippen LogP contribution in [0.15, 0.2) is 134 Å². The van der Waals surface area contributed by atoms with Crippen molar-refractivity contribution in [2.24, 2.45) is 0 Å². The molecule has 7 aromatic rings. The number of carbonyl (C=O) groups is 1. The molecule has 4 aromatic carbocycles. The summed E-state index contributed by atoms with van der Waals surface area (Å²) in [6.07, 6.45) is 5.09. The van der Waals surface area contributed by atoms with E-state index in [9.17, 15) is 4.79 Å². The number of carbonyl (C=O) groups excluding carboxylic acids is 1. The zero-order chi connectivity index (χ0) is 35.7. The van der Waals surface area contributed by atoms with Gasteiger partial charge >= 0.3 is 6.09 Å². The molecule has 8 rings (SSSR count). The van der Waals surface area contributed by atoms with Gasteiger partial charge in [-0.2, -0.15) is 10.2 Å². The van der Waals surface area contributed by atoms with Crippen LogP contribution in [-0.2, 0) is 10.3 Å². The van der Waals surface area contributed by atoms with E-state index in [1.54, 1.807) is 17.3 Å². The van der Waals surface area contributed by atoms with Crippen LogP contribution in [-0.4, -0.2) is 59.6 Å². The van der Waals surface area contributed by atoms with E-state index in [1.165, 1.54) is 0 Å². The predicted octanol–water partition coefficient (Wildman–Crippen LogP) is 8.84. The Labute approximate surface area is 303 Å². The van der Waals surface area contributed by atoms with Crippen molar-refractivity contribution in [2.75, 3.05) is 13.1 Å². The molecule has 3 aromatic heterocycles. The van der Waals surface area contributed by atoms with Gasteiger partial charge in [-0.15, -0.1) is 0 Å². The third-order valence-corrected chi connectivity index (χ3v) is 9.75. The molecular formula is C43H41N7O2. The monoisotopic (exact) mass is 687 g/mol. The Hall–Kier alpha value is -6.09. The van der Waals surface area contributed by atoms with Crippen molar-refractivity contribution in [1.29, 1.82) is 0 Å². The van der Waals surface area contributed by atoms with Crippen LogP contribution in [0.1, 0.15) is 62.0 Å². The lowest BCUT2D eigenvalue weighted by atomic mass is 9.77. The number of piperidine rings is 1. The molecule has 9 heteroatoms. The van der Waals surface area contributed by atoms with E-state index in [0.29, 0.717) is 18.9 Å². The fraction of sp³-hybridized carbons (Fsp3) is 0.233. The molecule has 0 aliphatic carbocycles. The van der Waals surface area contributed by atoms with Gasteiger partial charge in [0, 0.05) is 47.9 Å². The molecule has 52 heavy (non-hydrogen) atoms. The number of aromatic amines is 1. The minimum atomic E-state index is -0.798. The highest BCUT2D eigenvalue weighted by atomic mass is 16.6. The summed E-state index contributed by atoms with van der Waals surface area (Å²) in [7, 11) is 0. The van der Waals surface area contributed by atoms with Crippen LogP contribution < -0.4 is 0 Å². The third-order valence-electron chi connectivity index (χ3n) is 9.75. The Morgan fingerprint density at radius 3 is 2.00 bits per heavy atom. The number of pyridine rings is 1. The number of benzene rings is 4. The topological polar surface area (TPSA) is 102 Å². The van der Waals surface area contributed by atoms with Gasteiger partial charge in [0.1, 0.15) is 22.7 Å². The van der Waals surface area contributed by atoms with Crippen LogP contribution >= 0.6 is 0 Å². The molecule has 9 nitrogen and oxygen atoms in total. The van der Waals surface area contributed by atoms with Crippen molar-refractivity contribution in [3.63, 3.8) is 0 Å². The van der Waals surface area contributed by atoms with Crippen LogP contribution in [0, 0.1) is 0 Å². The predicted molar refractivity (Wildman–Crippen MR) is 203 cm³/mol. The Kier molecular flexibility index (Phi) is 8.63. The summed E-state index contributed by atoms with van der Waals surface area (Å²) < 4.78 is 7.84. The maximum Gasteiger partial charge on any atom is 0.410 e. The van der Waals surface area contributed by atoms with Gasteiger partial charge in [-0.3, -0.25) is 10.1 Å². The highest BCUT2D eigenvalue weighted by Crippen LogP contribution is 2.44. The summed E-state index contributed by atoms with van der Waals surface area (Å²) in [6.45, 7) is 6.87. The lowest BCUT2D eigenvalue weighted by Crippen LogP contribution is -2.42. The summed E-state index contributed by atoms with van der Waals surface area (Å²) in [5.74, 6) is 1.40. The number of hydrogen-bond acceptors (Lipinski definition) is 6. The summed E-state index contributed by atoms with van der Waals surface area (Å²) in [5, 5.41) is 14.4. The molecule has 260 valence electrons.